The number of fused-ring (bicyclic) bond motifs is 1. The molecule has 0 fully saturated rings. The van der Waals surface area contributed by atoms with E-state index in [4.69, 9.17) is 17.3 Å². The van der Waals surface area contributed by atoms with Crippen molar-refractivity contribution in [3.8, 4) is 16.3 Å². The Morgan fingerprint density at radius 3 is 2.55 bits per heavy atom. The molecule has 0 spiro atoms. The van der Waals surface area contributed by atoms with Gasteiger partial charge in [-0.1, -0.05) is 41.9 Å². The van der Waals surface area contributed by atoms with Crippen molar-refractivity contribution in [2.45, 2.75) is 6.92 Å². The minimum absolute atomic E-state index is 0.189. The maximum absolute atomic E-state index is 13.5. The van der Waals surface area contributed by atoms with E-state index >= 15 is 0 Å². The summed E-state index contributed by atoms with van der Waals surface area (Å²) in [4.78, 5) is 27.0. The highest BCUT2D eigenvalue weighted by molar-refractivity contribution is 7.17. The molecule has 0 saturated heterocycles. The van der Waals surface area contributed by atoms with Crippen molar-refractivity contribution in [3.05, 3.63) is 82.2 Å². The Kier molecular flexibility index (Phi) is 4.72. The lowest BCUT2D eigenvalue weighted by Gasteiger charge is -2.02. The Balaban J connectivity index is 1.67. The molecule has 2 N–H and O–H groups in total. The standard InChI is InChI=1S/C22H15ClN6OS/c1-12-19(31-22(27-12)13-5-3-2-4-6-13)18(30)17-16-20(24)25-11-26-21(16)29(28-17)15-9-7-14(23)8-10-15/h2-11H,1H3,(H2,24,25,26). The number of nitrogens with two attached hydrogens (primary N) is 1. The molecule has 2 aromatic carbocycles. The van der Waals surface area contributed by atoms with Gasteiger partial charge >= 0.3 is 0 Å². The molecule has 0 aliphatic carbocycles. The highest BCUT2D eigenvalue weighted by Gasteiger charge is 2.26. The summed E-state index contributed by atoms with van der Waals surface area (Å²) in [6.45, 7) is 1.81. The summed E-state index contributed by atoms with van der Waals surface area (Å²) in [5.74, 6) is -0.0737. The lowest BCUT2D eigenvalue weighted by Crippen LogP contribution is -2.05. The van der Waals surface area contributed by atoms with Gasteiger partial charge in [0.15, 0.2) is 5.65 Å². The second-order valence-electron chi connectivity index (χ2n) is 6.82. The van der Waals surface area contributed by atoms with Gasteiger partial charge in [-0.05, 0) is 31.2 Å². The number of hydrogen-bond acceptors (Lipinski definition) is 7. The maximum atomic E-state index is 13.5. The van der Waals surface area contributed by atoms with Crippen LogP contribution < -0.4 is 5.73 Å². The average Bonchev–Trinajstić information content (AvgIpc) is 3.37. The van der Waals surface area contributed by atoms with Gasteiger partial charge in [0.05, 0.1) is 16.8 Å². The SMILES string of the molecule is Cc1nc(-c2ccccc2)sc1C(=O)c1nn(-c2ccc(Cl)cc2)c2ncnc(N)c12. The van der Waals surface area contributed by atoms with Gasteiger partial charge < -0.3 is 5.73 Å². The quantitative estimate of drug-likeness (QED) is 0.401. The number of carbonyl (C=O) groups is 1. The number of hydrogen-bond donors (Lipinski definition) is 1. The molecule has 3 aromatic heterocycles. The van der Waals surface area contributed by atoms with Crippen molar-refractivity contribution in [2.75, 3.05) is 5.73 Å². The molecule has 0 aliphatic heterocycles. The number of anilines is 1. The fourth-order valence-electron chi connectivity index (χ4n) is 3.31. The third-order valence-electron chi connectivity index (χ3n) is 4.80. The van der Waals surface area contributed by atoms with Crippen molar-refractivity contribution in [2.24, 2.45) is 0 Å². The molecule has 31 heavy (non-hydrogen) atoms. The highest BCUT2D eigenvalue weighted by Crippen LogP contribution is 2.32. The van der Waals surface area contributed by atoms with Crippen LogP contribution in [0.3, 0.4) is 0 Å². The molecule has 5 rings (SSSR count). The number of thiazole rings is 1. The van der Waals surface area contributed by atoms with Crippen LogP contribution in [0.2, 0.25) is 5.02 Å². The Labute approximate surface area is 186 Å². The predicted molar refractivity (Wildman–Crippen MR) is 122 cm³/mol. The van der Waals surface area contributed by atoms with E-state index in [0.29, 0.717) is 32.3 Å². The number of rotatable bonds is 4. The zero-order chi connectivity index (χ0) is 21.5. The fourth-order valence-corrected chi connectivity index (χ4v) is 4.45. The second kappa shape index (κ2) is 7.57. The van der Waals surface area contributed by atoms with E-state index in [2.05, 4.69) is 20.1 Å². The van der Waals surface area contributed by atoms with Crippen LogP contribution in [-0.4, -0.2) is 30.5 Å². The van der Waals surface area contributed by atoms with Gasteiger partial charge in [-0.2, -0.15) is 5.10 Å². The van der Waals surface area contributed by atoms with Gasteiger partial charge in [0, 0.05) is 10.6 Å². The van der Waals surface area contributed by atoms with E-state index in [9.17, 15) is 4.79 Å². The van der Waals surface area contributed by atoms with Crippen LogP contribution in [0.1, 0.15) is 21.1 Å². The molecule has 5 aromatic rings. The zero-order valence-corrected chi connectivity index (χ0v) is 17.9. The van der Waals surface area contributed by atoms with Crippen molar-refractivity contribution in [1.82, 2.24) is 24.7 Å². The molecule has 0 bridgehead atoms. The lowest BCUT2D eigenvalue weighted by molar-refractivity contribution is 0.103. The van der Waals surface area contributed by atoms with Gasteiger partial charge in [0.2, 0.25) is 5.78 Å². The minimum Gasteiger partial charge on any atom is -0.383 e. The van der Waals surface area contributed by atoms with Gasteiger partial charge in [-0.15, -0.1) is 11.3 Å². The summed E-state index contributed by atoms with van der Waals surface area (Å²) in [5.41, 5.74) is 9.07. The van der Waals surface area contributed by atoms with Crippen LogP contribution in [0.25, 0.3) is 27.3 Å². The van der Waals surface area contributed by atoms with E-state index in [1.165, 1.54) is 17.7 Å². The van der Waals surface area contributed by atoms with Crippen molar-refractivity contribution in [3.63, 3.8) is 0 Å². The number of carbonyl (C=O) groups excluding carboxylic acids is 1. The first-order chi connectivity index (χ1) is 15.0. The zero-order valence-electron chi connectivity index (χ0n) is 16.3. The van der Waals surface area contributed by atoms with Crippen LogP contribution in [0.5, 0.6) is 0 Å². The highest BCUT2D eigenvalue weighted by atomic mass is 35.5. The van der Waals surface area contributed by atoms with Crippen LogP contribution >= 0.6 is 22.9 Å². The molecule has 0 aliphatic rings. The van der Waals surface area contributed by atoms with Gasteiger partial charge in [0.1, 0.15) is 27.7 Å². The minimum atomic E-state index is -0.267. The van der Waals surface area contributed by atoms with Crippen LogP contribution in [0.15, 0.2) is 60.9 Å². The third kappa shape index (κ3) is 3.35. The Hall–Kier alpha value is -3.62. The molecule has 0 atom stereocenters. The van der Waals surface area contributed by atoms with Crippen molar-refractivity contribution in [1.29, 1.82) is 0 Å². The Morgan fingerprint density at radius 1 is 1.06 bits per heavy atom. The smallest absolute Gasteiger partial charge is 0.225 e. The van der Waals surface area contributed by atoms with Crippen LogP contribution in [0.4, 0.5) is 5.82 Å². The number of ketones is 1. The number of aryl methyl sites for hydroxylation is 1. The van der Waals surface area contributed by atoms with E-state index in [0.717, 1.165) is 10.6 Å². The fraction of sp³-hybridized carbons (Fsp3) is 0.0455. The largest absolute Gasteiger partial charge is 0.383 e. The molecule has 0 saturated carbocycles. The normalized spacial score (nSPS) is 11.2. The maximum Gasteiger partial charge on any atom is 0.225 e. The van der Waals surface area contributed by atoms with Gasteiger partial charge in [-0.25, -0.2) is 19.6 Å². The predicted octanol–water partition coefficient (Wildman–Crippen LogP) is 4.71. The molecular weight excluding hydrogens is 432 g/mol. The Morgan fingerprint density at radius 2 is 1.81 bits per heavy atom. The van der Waals surface area contributed by atoms with Gasteiger partial charge in [-0.3, -0.25) is 4.79 Å². The lowest BCUT2D eigenvalue weighted by atomic mass is 10.1. The average molecular weight is 447 g/mol. The molecular formula is C22H15ClN6OS. The van der Waals surface area contributed by atoms with Gasteiger partial charge in [0.25, 0.3) is 0 Å². The molecule has 3 heterocycles. The monoisotopic (exact) mass is 446 g/mol. The number of benzene rings is 2. The summed E-state index contributed by atoms with van der Waals surface area (Å²) < 4.78 is 1.57. The third-order valence-corrected chi connectivity index (χ3v) is 6.26. The molecule has 7 nitrogen and oxygen atoms in total. The first-order valence-electron chi connectivity index (χ1n) is 9.35. The first-order valence-corrected chi connectivity index (χ1v) is 10.5. The van der Waals surface area contributed by atoms with E-state index < -0.39 is 0 Å². The molecule has 152 valence electrons. The topological polar surface area (TPSA) is 99.6 Å². The van der Waals surface area contributed by atoms with Crippen molar-refractivity contribution >= 4 is 45.6 Å². The first kappa shape index (κ1) is 19.3. The number of nitrogen functional groups attached to an aromatic ring is 1. The van der Waals surface area contributed by atoms with E-state index in [1.54, 1.807) is 28.9 Å². The summed E-state index contributed by atoms with van der Waals surface area (Å²) in [6.07, 6.45) is 1.35. The van der Waals surface area contributed by atoms with Crippen LogP contribution in [-0.2, 0) is 0 Å². The molecule has 9 heteroatoms. The second-order valence-corrected chi connectivity index (χ2v) is 8.26. The van der Waals surface area contributed by atoms with Crippen LogP contribution in [0, 0.1) is 6.92 Å². The number of nitrogens with zero attached hydrogens (tertiary/aromatic N) is 5. The molecule has 0 unspecified atom stereocenters. The summed E-state index contributed by atoms with van der Waals surface area (Å²) in [7, 11) is 0. The van der Waals surface area contributed by atoms with Crippen molar-refractivity contribution < 1.29 is 4.79 Å². The van der Waals surface area contributed by atoms with E-state index in [-0.39, 0.29) is 17.3 Å². The number of halogens is 1. The van der Waals surface area contributed by atoms with E-state index in [1.807, 2.05) is 37.3 Å². The summed E-state index contributed by atoms with van der Waals surface area (Å²) in [6, 6.07) is 16.8. The number of aromatic nitrogens is 5. The Bertz CT molecular complexity index is 1430. The summed E-state index contributed by atoms with van der Waals surface area (Å²) >= 11 is 7.34. The summed E-state index contributed by atoms with van der Waals surface area (Å²) in [5, 5.41) is 6.35. The molecule has 0 radical (unpaired) electrons. The molecule has 0 amide bonds.